The zero-order chi connectivity index (χ0) is 18.6. The molecule has 0 bridgehead atoms. The number of furan rings is 1. The van der Waals surface area contributed by atoms with E-state index in [-0.39, 0.29) is 5.56 Å². The van der Waals surface area contributed by atoms with E-state index in [0.29, 0.717) is 5.56 Å². The van der Waals surface area contributed by atoms with Crippen LogP contribution in [-0.4, -0.2) is 23.5 Å². The highest BCUT2D eigenvalue weighted by Crippen LogP contribution is 2.18. The smallest absolute Gasteiger partial charge is 0.255 e. The number of hydrogen-bond acceptors (Lipinski definition) is 5. The number of ketones is 2. The molecule has 1 aromatic heterocycles. The first-order valence-electron chi connectivity index (χ1n) is 7.73. The third-order valence-electron chi connectivity index (χ3n) is 4.10. The van der Waals surface area contributed by atoms with Gasteiger partial charge in [-0.1, -0.05) is 18.2 Å². The van der Waals surface area contributed by atoms with Gasteiger partial charge >= 0.3 is 0 Å². The van der Waals surface area contributed by atoms with Gasteiger partial charge in [-0.15, -0.1) is 0 Å². The number of aryl methyl sites for hydroxylation is 1. The van der Waals surface area contributed by atoms with Gasteiger partial charge in [0.15, 0.2) is 17.5 Å². The van der Waals surface area contributed by atoms with Crippen LogP contribution >= 0.6 is 0 Å². The third-order valence-corrected chi connectivity index (χ3v) is 4.10. The number of carbonyl (C=O) groups is 3. The maximum absolute atomic E-state index is 12.6. The highest BCUT2D eigenvalue weighted by Gasteiger charge is 2.32. The Bertz CT molecular complexity index is 847. The van der Waals surface area contributed by atoms with E-state index in [0.717, 1.165) is 11.1 Å². The largest absolute Gasteiger partial charge is 0.472 e. The molecule has 0 saturated heterocycles. The van der Waals surface area contributed by atoms with Gasteiger partial charge in [0.1, 0.15) is 6.26 Å². The monoisotopic (exact) mass is 338 g/mol. The zero-order valence-corrected chi connectivity index (χ0v) is 14.2. The highest BCUT2D eigenvalue weighted by molar-refractivity contribution is 6.15. The molecule has 2 rings (SSSR count). The van der Waals surface area contributed by atoms with Crippen molar-refractivity contribution in [1.82, 2.24) is 5.32 Å². The lowest BCUT2D eigenvalue weighted by Gasteiger charge is -2.16. The minimum atomic E-state index is -1.47. The van der Waals surface area contributed by atoms with Gasteiger partial charge in [0.25, 0.3) is 5.91 Å². The molecule has 1 aromatic carbocycles. The maximum Gasteiger partial charge on any atom is 0.255 e. The van der Waals surface area contributed by atoms with E-state index in [1.807, 2.05) is 13.0 Å². The molecular weight excluding hydrogens is 320 g/mol. The van der Waals surface area contributed by atoms with Gasteiger partial charge in [-0.25, -0.2) is 0 Å². The Balaban J connectivity index is 2.17. The molecule has 0 aliphatic rings. The molecule has 2 aromatic rings. The second-order valence-electron chi connectivity index (χ2n) is 5.78. The van der Waals surface area contributed by atoms with Gasteiger partial charge in [0.2, 0.25) is 0 Å². The van der Waals surface area contributed by atoms with Crippen LogP contribution in [0.15, 0.2) is 41.2 Å². The lowest BCUT2D eigenvalue weighted by atomic mass is 9.88. The Hall–Kier alpha value is -3.20. The van der Waals surface area contributed by atoms with Crippen LogP contribution in [0.1, 0.15) is 38.8 Å². The van der Waals surface area contributed by atoms with Gasteiger partial charge in [0.05, 0.1) is 23.9 Å². The number of nitrogens with zero attached hydrogens (tertiary/aromatic N) is 1. The van der Waals surface area contributed by atoms with E-state index in [1.54, 1.807) is 25.1 Å². The Morgan fingerprint density at radius 3 is 2.52 bits per heavy atom. The molecule has 6 nitrogen and oxygen atoms in total. The number of benzene rings is 1. The Morgan fingerprint density at radius 2 is 1.92 bits per heavy atom. The molecule has 0 fully saturated rings. The van der Waals surface area contributed by atoms with Crippen LogP contribution in [0.4, 0.5) is 0 Å². The van der Waals surface area contributed by atoms with Crippen LogP contribution in [-0.2, 0) is 4.79 Å². The Morgan fingerprint density at radius 1 is 1.20 bits per heavy atom. The fourth-order valence-electron chi connectivity index (χ4n) is 2.42. The van der Waals surface area contributed by atoms with E-state index < -0.39 is 29.4 Å². The molecule has 6 heteroatoms. The summed E-state index contributed by atoms with van der Waals surface area (Å²) in [6.07, 6.45) is 2.58. The minimum absolute atomic E-state index is 0.258. The van der Waals surface area contributed by atoms with Gasteiger partial charge in [-0.3, -0.25) is 14.4 Å². The average Bonchev–Trinajstić information content (AvgIpc) is 3.12. The van der Waals surface area contributed by atoms with E-state index in [9.17, 15) is 19.6 Å². The topological polar surface area (TPSA) is 100 Å². The summed E-state index contributed by atoms with van der Waals surface area (Å²) in [6.45, 7) is 5.07. The van der Waals surface area contributed by atoms with Gasteiger partial charge in [0, 0.05) is 5.56 Å². The van der Waals surface area contributed by atoms with Crippen molar-refractivity contribution in [1.29, 1.82) is 5.26 Å². The molecule has 0 aliphatic heterocycles. The lowest BCUT2D eigenvalue weighted by Crippen LogP contribution is -2.43. The molecule has 2 atom stereocenters. The number of nitrogens with one attached hydrogen (secondary N) is 1. The molecule has 0 unspecified atom stereocenters. The van der Waals surface area contributed by atoms with Gasteiger partial charge < -0.3 is 9.73 Å². The highest BCUT2D eigenvalue weighted by atomic mass is 16.3. The van der Waals surface area contributed by atoms with E-state index in [4.69, 9.17) is 4.42 Å². The van der Waals surface area contributed by atoms with E-state index in [1.165, 1.54) is 25.5 Å². The molecule has 0 spiro atoms. The molecule has 1 amide bonds. The van der Waals surface area contributed by atoms with Crippen LogP contribution in [0.25, 0.3) is 0 Å². The van der Waals surface area contributed by atoms with Crippen LogP contribution in [0.2, 0.25) is 0 Å². The summed E-state index contributed by atoms with van der Waals surface area (Å²) in [5, 5.41) is 11.8. The summed E-state index contributed by atoms with van der Waals surface area (Å²) in [7, 11) is 0. The van der Waals surface area contributed by atoms with Crippen molar-refractivity contribution in [2.75, 3.05) is 0 Å². The number of rotatable bonds is 6. The van der Waals surface area contributed by atoms with E-state index in [2.05, 4.69) is 5.32 Å². The molecule has 128 valence electrons. The van der Waals surface area contributed by atoms with Crippen LogP contribution in [0.3, 0.4) is 0 Å². The molecule has 25 heavy (non-hydrogen) atoms. The predicted octanol–water partition coefficient (Wildman–Crippen LogP) is 2.61. The van der Waals surface area contributed by atoms with Crippen molar-refractivity contribution in [2.45, 2.75) is 26.8 Å². The summed E-state index contributed by atoms with van der Waals surface area (Å²) >= 11 is 0. The predicted molar refractivity (Wildman–Crippen MR) is 90.0 cm³/mol. The van der Waals surface area contributed by atoms with Gasteiger partial charge in [-0.05, 0) is 38.0 Å². The number of carbonyl (C=O) groups excluding carboxylic acids is 3. The summed E-state index contributed by atoms with van der Waals surface area (Å²) in [6, 6.07) is 7.39. The van der Waals surface area contributed by atoms with Crippen LogP contribution in [0, 0.1) is 31.1 Å². The Labute approximate surface area is 145 Å². The first-order chi connectivity index (χ1) is 11.9. The average molecular weight is 338 g/mol. The summed E-state index contributed by atoms with van der Waals surface area (Å²) < 4.78 is 4.81. The molecular formula is C19H18N2O4. The molecule has 1 heterocycles. The minimum Gasteiger partial charge on any atom is -0.472 e. The molecule has 0 radical (unpaired) electrons. The fraction of sp³-hybridized carbons (Fsp3) is 0.263. The van der Waals surface area contributed by atoms with Crippen molar-refractivity contribution in [3.05, 3.63) is 59.0 Å². The number of hydrogen-bond donors (Lipinski definition) is 1. The molecule has 1 N–H and O–H groups in total. The van der Waals surface area contributed by atoms with Crippen molar-refractivity contribution in [2.24, 2.45) is 5.92 Å². The van der Waals surface area contributed by atoms with Crippen LogP contribution < -0.4 is 5.32 Å². The van der Waals surface area contributed by atoms with Crippen LogP contribution in [0.5, 0.6) is 0 Å². The molecule has 0 saturated carbocycles. The number of Topliss-reactive ketones (excluding diaryl/α,β-unsaturated/α-hetero) is 2. The summed E-state index contributed by atoms with van der Waals surface area (Å²) in [5.41, 5.74) is 2.23. The fourth-order valence-corrected chi connectivity index (χ4v) is 2.42. The standard InChI is InChI=1S/C19H18N2O4/c1-11-5-4-6-15(12(11)2)18(23)16(9-20)17(22)13(3)21-19(24)14-7-8-25-10-14/h4-8,10,13,16H,1-3H3,(H,21,24)/t13-,16+/m1/s1. The summed E-state index contributed by atoms with van der Waals surface area (Å²) in [5.74, 6) is -3.19. The number of amides is 1. The third kappa shape index (κ3) is 3.83. The maximum atomic E-state index is 12.6. The van der Waals surface area contributed by atoms with Crippen molar-refractivity contribution in [3.8, 4) is 6.07 Å². The summed E-state index contributed by atoms with van der Waals surface area (Å²) in [4.78, 5) is 37.1. The Kier molecular flexibility index (Phi) is 5.50. The second kappa shape index (κ2) is 7.58. The van der Waals surface area contributed by atoms with Crippen molar-refractivity contribution < 1.29 is 18.8 Å². The first-order valence-corrected chi connectivity index (χ1v) is 7.73. The quantitative estimate of drug-likeness (QED) is 0.644. The lowest BCUT2D eigenvalue weighted by molar-refractivity contribution is -0.121. The number of nitriles is 1. The second-order valence-corrected chi connectivity index (χ2v) is 5.78. The SMILES string of the molecule is Cc1cccc(C(=O)[C@@H](C#N)C(=O)[C@@H](C)NC(=O)c2ccoc2)c1C. The zero-order valence-electron chi connectivity index (χ0n) is 14.2. The molecule has 0 aliphatic carbocycles. The normalized spacial score (nSPS) is 12.7. The van der Waals surface area contributed by atoms with Crippen molar-refractivity contribution >= 4 is 17.5 Å². The van der Waals surface area contributed by atoms with E-state index >= 15 is 0 Å². The van der Waals surface area contributed by atoms with Gasteiger partial charge in [-0.2, -0.15) is 5.26 Å². The van der Waals surface area contributed by atoms with Crippen molar-refractivity contribution in [3.63, 3.8) is 0 Å². The first kappa shape index (κ1) is 18.1.